The molecular formula is C42H90AsINO2PS. The third-order valence-electron chi connectivity index (χ3n) is 10.0. The second-order valence-corrected chi connectivity index (χ2v) is 30.2. The molecule has 0 saturated heterocycles. The second-order valence-electron chi connectivity index (χ2n) is 16.1. The van der Waals surface area contributed by atoms with Gasteiger partial charge in [-0.05, 0) is 0 Å². The molecule has 298 valence electrons. The Hall–Kier alpha value is 1.82. The number of nitrogens with zero attached hydrogens (tertiary/aromatic N) is 1. The predicted molar refractivity (Wildman–Crippen MR) is 226 cm³/mol. The molecule has 0 unspecified atom stereocenters. The van der Waals surface area contributed by atoms with E-state index in [0.717, 1.165) is 32.6 Å². The van der Waals surface area contributed by atoms with E-state index in [-0.39, 0.29) is 24.0 Å². The summed E-state index contributed by atoms with van der Waals surface area (Å²) >= 11 is 4.67. The van der Waals surface area contributed by atoms with Gasteiger partial charge < -0.3 is 24.0 Å². The molecule has 0 N–H and O–H groups in total. The van der Waals surface area contributed by atoms with Gasteiger partial charge >= 0.3 is 172 Å². The van der Waals surface area contributed by atoms with Gasteiger partial charge in [-0.2, -0.15) is 0 Å². The molecule has 7 heteroatoms. The maximum Gasteiger partial charge on any atom is -1.00 e. The minimum atomic E-state index is -2.38. The summed E-state index contributed by atoms with van der Waals surface area (Å²) in [7, 11) is 2.16. The van der Waals surface area contributed by atoms with E-state index in [1.165, 1.54) is 198 Å². The van der Waals surface area contributed by atoms with Crippen LogP contribution in [-0.4, -0.2) is 45.0 Å². The third kappa shape index (κ3) is 39.3. The van der Waals surface area contributed by atoms with E-state index in [1.807, 2.05) is 0 Å². The van der Waals surface area contributed by atoms with Gasteiger partial charge in [0.2, 0.25) is 0 Å². The summed E-state index contributed by atoms with van der Waals surface area (Å²) in [5.41, 5.74) is 7.43. The number of hydrogen-bond donors (Lipinski definition) is 0. The van der Waals surface area contributed by atoms with Gasteiger partial charge in [0.1, 0.15) is 0 Å². The number of halogens is 1. The van der Waals surface area contributed by atoms with E-state index in [9.17, 15) is 0 Å². The molecule has 0 rings (SSSR count). The largest absolute Gasteiger partial charge is 1.00 e. The van der Waals surface area contributed by atoms with Crippen LogP contribution in [-0.2, 0) is 20.9 Å². The Morgan fingerprint density at radius 3 is 0.878 bits per heavy atom. The van der Waals surface area contributed by atoms with Crippen molar-refractivity contribution in [1.29, 1.82) is 0 Å². The van der Waals surface area contributed by atoms with Crippen LogP contribution in [0.1, 0.15) is 219 Å². The van der Waals surface area contributed by atoms with E-state index < -0.39 is 20.2 Å². The monoisotopic (exact) mass is 905 g/mol. The molecule has 49 heavy (non-hydrogen) atoms. The van der Waals surface area contributed by atoms with Crippen molar-refractivity contribution >= 4 is 32.0 Å². The Morgan fingerprint density at radius 2 is 0.653 bits per heavy atom. The molecule has 0 aliphatic heterocycles. The van der Waals surface area contributed by atoms with E-state index in [0.29, 0.717) is 0 Å². The zero-order valence-electron chi connectivity index (χ0n) is 34.4. The van der Waals surface area contributed by atoms with Crippen molar-refractivity contribution in [2.45, 2.75) is 242 Å². The summed E-state index contributed by atoms with van der Waals surface area (Å²) in [5.74, 6) is 0. The Morgan fingerprint density at radius 1 is 0.429 bits per heavy atom. The smallest absolute Gasteiger partial charge is 1.00 e. The van der Waals surface area contributed by atoms with Crippen molar-refractivity contribution in [3.63, 3.8) is 0 Å². The van der Waals surface area contributed by atoms with Gasteiger partial charge in [0.05, 0.1) is 0 Å². The van der Waals surface area contributed by atoms with Crippen LogP contribution in [0.15, 0.2) is 0 Å². The first kappa shape index (κ1) is 52.9. The van der Waals surface area contributed by atoms with Crippen molar-refractivity contribution in [2.75, 3.05) is 26.8 Å². The van der Waals surface area contributed by atoms with Crippen molar-refractivity contribution in [3.8, 4) is 0 Å². The first-order valence-corrected chi connectivity index (χ1v) is 31.2. The normalized spacial score (nSPS) is 12.2. The molecule has 0 aliphatic rings. The minimum Gasteiger partial charge on any atom is -1.00 e. The van der Waals surface area contributed by atoms with E-state index >= 15 is 0 Å². The van der Waals surface area contributed by atoms with E-state index in [2.05, 4.69) is 42.7 Å². The molecule has 0 aliphatic carbocycles. The number of rotatable bonds is 40. The SMILES string of the molecule is CCCCCCCCCCCCCCCCCCOP(=S)(OCCCCCCCCCCCCCCCCCC)N(C)CC[As+](C)(C)C.[I-]. The van der Waals surface area contributed by atoms with Gasteiger partial charge in [-0.25, -0.2) is 0 Å². The fourth-order valence-electron chi connectivity index (χ4n) is 6.46. The van der Waals surface area contributed by atoms with E-state index in [1.54, 1.807) is 0 Å². The second kappa shape index (κ2) is 39.5. The molecule has 0 amide bonds. The van der Waals surface area contributed by atoms with Gasteiger partial charge in [-0.3, -0.25) is 0 Å². The summed E-state index contributed by atoms with van der Waals surface area (Å²) < 4.78 is 15.2. The Balaban J connectivity index is 0. The van der Waals surface area contributed by atoms with Gasteiger partial charge in [-0.1, -0.05) is 142 Å². The standard InChI is InChI=1S/C42H90AsNO2PS.HI/c1-7-9-11-13-15-17-19-21-23-25-27-29-31-33-35-37-41-45-47(48,44(6)40-39-43(3,4)5)46-42-38-36-34-32-30-28-26-24-22-20-18-16-14-12-10-8-2;/h7-42H2,1-6H3;1H/q+1;/p-1. The molecular weight excluding hydrogens is 815 g/mol. The molecule has 0 saturated carbocycles. The first-order valence-electron chi connectivity index (χ1n) is 21.7. The van der Waals surface area contributed by atoms with Gasteiger partial charge in [-0.15, -0.1) is 0 Å². The predicted octanol–water partition coefficient (Wildman–Crippen LogP) is 13.0. The van der Waals surface area contributed by atoms with Crippen LogP contribution in [0, 0.1) is 0 Å². The zero-order chi connectivity index (χ0) is 35.4. The molecule has 0 aromatic carbocycles. The molecule has 0 heterocycles. The maximum atomic E-state index is 6.45. The fraction of sp³-hybridized carbons (Fsp3) is 1.00. The summed E-state index contributed by atoms with van der Waals surface area (Å²) in [6.07, 6.45) is 44.5. The molecule has 0 atom stereocenters. The van der Waals surface area contributed by atoms with Crippen molar-refractivity contribution in [1.82, 2.24) is 4.67 Å². The third-order valence-corrected chi connectivity index (χ3v) is 16.8. The number of unbranched alkanes of at least 4 members (excludes halogenated alkanes) is 30. The Kier molecular flexibility index (Phi) is 42.7. The molecule has 0 aromatic heterocycles. The van der Waals surface area contributed by atoms with Gasteiger partial charge in [0.15, 0.2) is 0 Å². The van der Waals surface area contributed by atoms with Crippen LogP contribution >= 0.6 is 6.64 Å². The minimum absolute atomic E-state index is 0. The average Bonchev–Trinajstić information content (AvgIpc) is 3.06. The van der Waals surface area contributed by atoms with Crippen LogP contribution in [0.25, 0.3) is 0 Å². The van der Waals surface area contributed by atoms with Crippen LogP contribution in [0.2, 0.25) is 22.3 Å². The van der Waals surface area contributed by atoms with E-state index in [4.69, 9.17) is 20.9 Å². The van der Waals surface area contributed by atoms with Gasteiger partial charge in [0.25, 0.3) is 0 Å². The Bertz CT molecular complexity index is 654. The van der Waals surface area contributed by atoms with Crippen LogP contribution in [0.3, 0.4) is 0 Å². The Labute approximate surface area is 335 Å². The number of hydrogen-bond acceptors (Lipinski definition) is 3. The van der Waals surface area contributed by atoms with Crippen molar-refractivity contribution < 1.29 is 33.0 Å². The molecule has 0 bridgehead atoms. The summed E-state index contributed by atoms with van der Waals surface area (Å²) in [6, 6.07) is 0. The van der Waals surface area contributed by atoms with Crippen molar-refractivity contribution in [3.05, 3.63) is 0 Å². The summed E-state index contributed by atoms with van der Waals surface area (Å²) in [4.78, 5) is 0. The maximum absolute atomic E-state index is 6.45. The first-order chi connectivity index (χ1) is 23.2. The van der Waals surface area contributed by atoms with Crippen LogP contribution in [0.5, 0.6) is 0 Å². The average molecular weight is 906 g/mol. The molecule has 0 aromatic rings. The topological polar surface area (TPSA) is 21.7 Å². The fourth-order valence-corrected chi connectivity index (χ4v) is 10.9. The molecule has 0 radical (unpaired) electrons. The molecule has 3 nitrogen and oxygen atoms in total. The van der Waals surface area contributed by atoms with Crippen LogP contribution in [0.4, 0.5) is 0 Å². The van der Waals surface area contributed by atoms with Crippen molar-refractivity contribution in [2.24, 2.45) is 0 Å². The van der Waals surface area contributed by atoms with Crippen LogP contribution < -0.4 is 24.0 Å². The summed E-state index contributed by atoms with van der Waals surface area (Å²) in [5, 5.41) is 1.28. The molecule has 0 fully saturated rings. The molecule has 0 spiro atoms. The van der Waals surface area contributed by atoms with Gasteiger partial charge in [0, 0.05) is 0 Å². The zero-order valence-corrected chi connectivity index (χ0v) is 40.1. The quantitative estimate of drug-likeness (QED) is 0.0264. The summed E-state index contributed by atoms with van der Waals surface area (Å²) in [6.45, 7) is 4.76.